The van der Waals surface area contributed by atoms with Crippen molar-refractivity contribution in [2.45, 2.75) is 199 Å². The Hall–Kier alpha value is -4.34. The van der Waals surface area contributed by atoms with Gasteiger partial charge in [0, 0.05) is 62.2 Å². The number of aliphatic hydroxyl groups excluding tert-OH is 1. The summed E-state index contributed by atoms with van der Waals surface area (Å²) in [5.74, 6) is 0.979. The van der Waals surface area contributed by atoms with Crippen molar-refractivity contribution in [2.24, 2.45) is 10.8 Å². The van der Waals surface area contributed by atoms with Gasteiger partial charge in [-0.25, -0.2) is 0 Å². The van der Waals surface area contributed by atoms with Crippen LogP contribution < -0.4 is 44.1 Å². The van der Waals surface area contributed by atoms with Crippen molar-refractivity contribution in [3.63, 3.8) is 0 Å². The Balaban J connectivity index is 0.0000152. The standard InChI is InChI=1S/C63H97N3O9.Li/c1-61(50-67)48-66(49-62(61,2)51-75-63(52-32-24-23-25-33-52,53-38-42-55(73-3)43-39-53)54-40-44-56(74-4)45-41-54)59(70)36-28-19-14-13-18-27-35-58(69)65-47-30-21-15-9-5-7-11-17-26-34-57(68)64-46-31-22-16-10-6-8-12-20-29-37-60(71)72;/h23-25,32-33,38-45,67H,5-22,26-31,34-37,46-51H2,1-4H3,(H,64,68)(H,65,69)(H,71,72);/q;+1/p-1/t61-,62+;/m0./s1. The first-order chi connectivity index (χ1) is 36.4. The fraction of sp³-hybridized carbons (Fsp3) is 0.651. The number of methoxy groups -OCH3 is 2. The monoisotopic (exact) mass is 1050 g/mol. The molecule has 1 aliphatic heterocycles. The molecule has 1 saturated heterocycles. The van der Waals surface area contributed by atoms with E-state index in [0.717, 1.165) is 138 Å². The van der Waals surface area contributed by atoms with E-state index in [9.17, 15) is 29.4 Å². The Morgan fingerprint density at radius 2 is 0.868 bits per heavy atom. The van der Waals surface area contributed by atoms with Crippen LogP contribution in [0.2, 0.25) is 0 Å². The number of amides is 3. The molecule has 12 nitrogen and oxygen atoms in total. The van der Waals surface area contributed by atoms with Crippen molar-refractivity contribution in [1.29, 1.82) is 0 Å². The average molecular weight is 1050 g/mol. The number of rotatable bonds is 42. The Bertz CT molecular complexity index is 2010. The molecule has 3 aromatic carbocycles. The molecule has 0 aliphatic carbocycles. The van der Waals surface area contributed by atoms with E-state index in [1.165, 1.54) is 57.8 Å². The van der Waals surface area contributed by atoms with Gasteiger partial charge in [-0.1, -0.05) is 184 Å². The molecule has 0 spiro atoms. The topological polar surface area (TPSA) is 167 Å². The third kappa shape index (κ3) is 22.9. The molecule has 3 amide bonds. The maximum Gasteiger partial charge on any atom is 1.00 e. The van der Waals surface area contributed by atoms with E-state index < -0.39 is 22.4 Å². The fourth-order valence-corrected chi connectivity index (χ4v) is 10.6. The van der Waals surface area contributed by atoms with Gasteiger partial charge < -0.3 is 44.8 Å². The molecule has 3 aromatic rings. The van der Waals surface area contributed by atoms with Crippen LogP contribution in [0.3, 0.4) is 0 Å². The van der Waals surface area contributed by atoms with Crippen LogP contribution >= 0.6 is 0 Å². The van der Waals surface area contributed by atoms with Crippen LogP contribution in [0.15, 0.2) is 78.9 Å². The number of nitrogens with one attached hydrogen (secondary N) is 2. The van der Waals surface area contributed by atoms with Crippen LogP contribution in [-0.2, 0) is 29.5 Å². The van der Waals surface area contributed by atoms with Gasteiger partial charge in [0.05, 0.1) is 27.4 Å². The third-order valence-corrected chi connectivity index (χ3v) is 15.8. The summed E-state index contributed by atoms with van der Waals surface area (Å²) in [6.07, 6.45) is 27.6. The number of likely N-dealkylation sites (tertiary alicyclic amines) is 1. The van der Waals surface area contributed by atoms with Crippen molar-refractivity contribution in [3.05, 3.63) is 95.6 Å². The summed E-state index contributed by atoms with van der Waals surface area (Å²) in [6, 6.07) is 26.1. The largest absolute Gasteiger partial charge is 1.00 e. The number of unbranched alkanes of at least 4 members (excludes halogenated alkanes) is 21. The van der Waals surface area contributed by atoms with Gasteiger partial charge in [0.1, 0.15) is 17.1 Å². The number of ether oxygens (including phenoxy) is 3. The molecule has 0 unspecified atom stereocenters. The first-order valence-corrected chi connectivity index (χ1v) is 29.0. The Morgan fingerprint density at radius 1 is 0.513 bits per heavy atom. The van der Waals surface area contributed by atoms with Gasteiger partial charge in [-0.15, -0.1) is 0 Å². The van der Waals surface area contributed by atoms with Crippen molar-refractivity contribution in [1.82, 2.24) is 15.5 Å². The normalized spacial score (nSPS) is 16.2. The molecule has 418 valence electrons. The molecule has 76 heavy (non-hydrogen) atoms. The van der Waals surface area contributed by atoms with Crippen molar-refractivity contribution in [3.8, 4) is 11.5 Å². The molecule has 0 radical (unpaired) electrons. The van der Waals surface area contributed by atoms with E-state index in [-0.39, 0.29) is 56.2 Å². The molecule has 3 N–H and O–H groups in total. The molecule has 2 atom stereocenters. The van der Waals surface area contributed by atoms with Gasteiger partial charge in [-0.3, -0.25) is 14.4 Å². The first-order valence-electron chi connectivity index (χ1n) is 29.0. The number of hydrogen-bond acceptors (Lipinski definition) is 9. The molecule has 4 rings (SSSR count). The van der Waals surface area contributed by atoms with Crippen LogP contribution in [0.4, 0.5) is 0 Å². The second-order valence-corrected chi connectivity index (χ2v) is 21.9. The number of carboxylic acids is 1. The summed E-state index contributed by atoms with van der Waals surface area (Å²) in [4.78, 5) is 50.8. The second-order valence-electron chi connectivity index (χ2n) is 21.9. The fourth-order valence-electron chi connectivity index (χ4n) is 10.6. The van der Waals surface area contributed by atoms with E-state index in [4.69, 9.17) is 14.2 Å². The Labute approximate surface area is 470 Å². The van der Waals surface area contributed by atoms with Crippen molar-refractivity contribution >= 4 is 23.7 Å². The van der Waals surface area contributed by atoms with E-state index in [2.05, 4.69) is 36.6 Å². The van der Waals surface area contributed by atoms with Gasteiger partial charge >= 0.3 is 18.9 Å². The quantitative estimate of drug-likeness (QED) is 0.0286. The number of aliphatic carboxylic acids is 1. The molecule has 0 saturated carbocycles. The minimum absolute atomic E-state index is 0. The SMILES string of the molecule is COc1ccc(C(OC[C@@]2(C)CN(C(=O)CCCCCCCCC(=O)NCCCCCCCCCCCC(=O)NCCCCCCCCCCCC(=O)[O-])C[C@@]2(C)CO)(c2ccccc2)c2ccc(OC)cc2)cc1.[Li+]. The molecule has 0 bridgehead atoms. The minimum Gasteiger partial charge on any atom is -0.550 e. The van der Waals surface area contributed by atoms with Crippen LogP contribution in [-0.4, -0.2) is 87.3 Å². The Morgan fingerprint density at radius 3 is 1.26 bits per heavy atom. The number of aliphatic hydroxyl groups is 1. The number of carbonyl (C=O) groups is 4. The summed E-state index contributed by atoms with van der Waals surface area (Å²) < 4.78 is 18.4. The summed E-state index contributed by atoms with van der Waals surface area (Å²) >= 11 is 0. The molecular formula is C63H96LiN3O9. The average Bonchev–Trinajstić information content (AvgIpc) is 3.71. The summed E-state index contributed by atoms with van der Waals surface area (Å²) in [5.41, 5.74) is 0.680. The zero-order valence-corrected chi connectivity index (χ0v) is 47.7. The maximum atomic E-state index is 13.8. The smallest absolute Gasteiger partial charge is 0.550 e. The van der Waals surface area contributed by atoms with Gasteiger partial charge in [-0.2, -0.15) is 0 Å². The first kappa shape index (κ1) is 65.9. The molecule has 0 aromatic heterocycles. The molecule has 1 aliphatic rings. The number of nitrogens with zero attached hydrogens (tertiary/aromatic N) is 1. The van der Waals surface area contributed by atoms with Gasteiger partial charge in [0.15, 0.2) is 0 Å². The summed E-state index contributed by atoms with van der Waals surface area (Å²) in [5, 5.41) is 27.5. The maximum absolute atomic E-state index is 13.8. The Kier molecular flexibility index (Phi) is 32.5. The molecule has 13 heteroatoms. The second kappa shape index (κ2) is 37.5. The van der Waals surface area contributed by atoms with E-state index in [1.54, 1.807) is 14.2 Å². The summed E-state index contributed by atoms with van der Waals surface area (Å²) in [6.45, 7) is 6.89. The van der Waals surface area contributed by atoms with Gasteiger partial charge in [0.25, 0.3) is 0 Å². The van der Waals surface area contributed by atoms with Crippen LogP contribution in [0.5, 0.6) is 11.5 Å². The zero-order chi connectivity index (χ0) is 54.0. The van der Waals surface area contributed by atoms with Crippen LogP contribution in [0, 0.1) is 10.8 Å². The van der Waals surface area contributed by atoms with Crippen LogP contribution in [0.1, 0.15) is 210 Å². The van der Waals surface area contributed by atoms with Crippen molar-refractivity contribution < 1.29 is 62.5 Å². The van der Waals surface area contributed by atoms with Gasteiger partial charge in [0.2, 0.25) is 17.7 Å². The van der Waals surface area contributed by atoms with E-state index in [0.29, 0.717) is 32.4 Å². The zero-order valence-electron chi connectivity index (χ0n) is 47.7. The van der Waals surface area contributed by atoms with Crippen molar-refractivity contribution in [2.75, 3.05) is 53.6 Å². The number of hydrogen-bond donors (Lipinski definition) is 3. The predicted molar refractivity (Wildman–Crippen MR) is 298 cm³/mol. The number of carboxylic acid groups (broad SMARTS) is 1. The van der Waals surface area contributed by atoms with Gasteiger partial charge in [-0.05, 0) is 85.9 Å². The minimum atomic E-state index is -1.01. The molecule has 1 heterocycles. The third-order valence-electron chi connectivity index (χ3n) is 15.8. The molecular weight excluding hydrogens is 950 g/mol. The summed E-state index contributed by atoms with van der Waals surface area (Å²) in [7, 11) is 3.31. The number of benzene rings is 3. The van der Waals surface area contributed by atoms with Crippen LogP contribution in [0.25, 0.3) is 0 Å². The predicted octanol–water partition coefficient (Wildman–Crippen LogP) is 8.77. The number of carbonyl (C=O) groups excluding carboxylic acids is 4. The van der Waals surface area contributed by atoms with E-state index in [1.807, 2.05) is 71.6 Å². The van der Waals surface area contributed by atoms with E-state index >= 15 is 0 Å². The molecule has 1 fully saturated rings.